The Morgan fingerprint density at radius 2 is 2.08 bits per heavy atom. The number of hydrogen-bond donors (Lipinski definition) is 1. The van der Waals surface area contributed by atoms with E-state index in [4.69, 9.17) is 0 Å². The number of unbranched alkanes of at least 4 members (excludes halogenated alkanes) is 1. The van der Waals surface area contributed by atoms with E-state index < -0.39 is 0 Å². The summed E-state index contributed by atoms with van der Waals surface area (Å²) in [6, 6.07) is 0.848. The zero-order valence-corrected chi connectivity index (χ0v) is 9.31. The number of rotatable bonds is 5. The summed E-state index contributed by atoms with van der Waals surface area (Å²) in [5.41, 5.74) is 0. The van der Waals surface area contributed by atoms with Gasteiger partial charge in [-0.25, -0.2) is 0 Å². The predicted molar refractivity (Wildman–Crippen MR) is 58.9 cm³/mol. The van der Waals surface area contributed by atoms with Gasteiger partial charge in [0.2, 0.25) is 0 Å². The second-order valence-electron chi connectivity index (χ2n) is 4.83. The minimum atomic E-state index is 0.848. The molecule has 0 amide bonds. The van der Waals surface area contributed by atoms with Gasteiger partial charge in [-0.05, 0) is 31.7 Å². The molecule has 1 heterocycles. The molecule has 1 nitrogen and oxygen atoms in total. The minimum Gasteiger partial charge on any atom is -0.314 e. The molecule has 1 saturated heterocycles. The number of nitrogens with one attached hydrogen (secondary N) is 1. The molecule has 1 fully saturated rings. The summed E-state index contributed by atoms with van der Waals surface area (Å²) < 4.78 is 0. The average molecular weight is 183 g/mol. The molecule has 1 aliphatic rings. The van der Waals surface area contributed by atoms with Crippen molar-refractivity contribution in [1.82, 2.24) is 5.32 Å². The fourth-order valence-electron chi connectivity index (χ4n) is 2.11. The summed E-state index contributed by atoms with van der Waals surface area (Å²) in [6.07, 6.45) is 9.93. The average Bonchev–Trinajstić information content (AvgIpc) is 2.14. The van der Waals surface area contributed by atoms with Crippen LogP contribution >= 0.6 is 0 Å². The van der Waals surface area contributed by atoms with E-state index in [-0.39, 0.29) is 0 Å². The van der Waals surface area contributed by atoms with E-state index >= 15 is 0 Å². The first-order chi connectivity index (χ1) is 6.29. The number of piperidine rings is 1. The second-order valence-corrected chi connectivity index (χ2v) is 4.83. The van der Waals surface area contributed by atoms with Crippen LogP contribution in [0.3, 0.4) is 0 Å². The fourth-order valence-corrected chi connectivity index (χ4v) is 2.11. The molecule has 13 heavy (non-hydrogen) atoms. The van der Waals surface area contributed by atoms with Gasteiger partial charge in [0.05, 0.1) is 0 Å². The monoisotopic (exact) mass is 183 g/mol. The summed E-state index contributed by atoms with van der Waals surface area (Å²) >= 11 is 0. The molecule has 1 atom stereocenters. The van der Waals surface area contributed by atoms with E-state index in [1.807, 2.05) is 0 Å². The molecule has 0 aromatic rings. The minimum absolute atomic E-state index is 0.848. The predicted octanol–water partition coefficient (Wildman–Crippen LogP) is 3.34. The van der Waals surface area contributed by atoms with Crippen LogP contribution in [0.1, 0.15) is 58.8 Å². The van der Waals surface area contributed by atoms with Crippen LogP contribution in [0.5, 0.6) is 0 Å². The maximum atomic E-state index is 3.61. The Morgan fingerprint density at radius 3 is 2.69 bits per heavy atom. The molecule has 0 aliphatic carbocycles. The summed E-state index contributed by atoms with van der Waals surface area (Å²) in [4.78, 5) is 0. The second kappa shape index (κ2) is 6.42. The maximum Gasteiger partial charge on any atom is 0.00670 e. The molecule has 0 spiro atoms. The third kappa shape index (κ3) is 5.30. The van der Waals surface area contributed by atoms with Crippen molar-refractivity contribution in [2.24, 2.45) is 5.92 Å². The molecular formula is C12H25N. The van der Waals surface area contributed by atoms with E-state index in [9.17, 15) is 0 Å². The quantitative estimate of drug-likeness (QED) is 0.645. The molecule has 0 saturated carbocycles. The molecule has 0 bridgehead atoms. The van der Waals surface area contributed by atoms with Crippen molar-refractivity contribution < 1.29 is 0 Å². The van der Waals surface area contributed by atoms with Crippen LogP contribution in [0.25, 0.3) is 0 Å². The van der Waals surface area contributed by atoms with Gasteiger partial charge in [-0.15, -0.1) is 0 Å². The lowest BCUT2D eigenvalue weighted by Crippen LogP contribution is -2.33. The molecule has 1 aliphatic heterocycles. The van der Waals surface area contributed by atoms with E-state index in [0.29, 0.717) is 0 Å². The van der Waals surface area contributed by atoms with Gasteiger partial charge in [-0.1, -0.05) is 39.5 Å². The Hall–Kier alpha value is -0.0400. The van der Waals surface area contributed by atoms with Crippen molar-refractivity contribution in [2.45, 2.75) is 64.8 Å². The largest absolute Gasteiger partial charge is 0.314 e. The van der Waals surface area contributed by atoms with Gasteiger partial charge in [-0.2, -0.15) is 0 Å². The van der Waals surface area contributed by atoms with E-state index in [0.717, 1.165) is 12.0 Å². The van der Waals surface area contributed by atoms with Crippen molar-refractivity contribution in [3.63, 3.8) is 0 Å². The third-order valence-corrected chi connectivity index (χ3v) is 3.00. The first-order valence-electron chi connectivity index (χ1n) is 6.02. The molecule has 1 N–H and O–H groups in total. The lowest BCUT2D eigenvalue weighted by molar-refractivity contribution is 0.367. The van der Waals surface area contributed by atoms with Gasteiger partial charge in [0.1, 0.15) is 0 Å². The van der Waals surface area contributed by atoms with Crippen molar-refractivity contribution in [1.29, 1.82) is 0 Å². The van der Waals surface area contributed by atoms with Crippen molar-refractivity contribution >= 4 is 0 Å². The fraction of sp³-hybridized carbons (Fsp3) is 1.00. The van der Waals surface area contributed by atoms with Gasteiger partial charge in [-0.3, -0.25) is 0 Å². The SMILES string of the molecule is CC(C)CCCC[C@H]1CCCCN1. The van der Waals surface area contributed by atoms with Crippen molar-refractivity contribution in [2.75, 3.05) is 6.54 Å². The summed E-state index contributed by atoms with van der Waals surface area (Å²) in [5, 5.41) is 3.61. The molecule has 0 unspecified atom stereocenters. The summed E-state index contributed by atoms with van der Waals surface area (Å²) in [7, 11) is 0. The maximum absolute atomic E-state index is 3.61. The van der Waals surface area contributed by atoms with Crippen LogP contribution in [0.4, 0.5) is 0 Å². The zero-order chi connectivity index (χ0) is 9.52. The van der Waals surface area contributed by atoms with Crippen LogP contribution in [0, 0.1) is 5.92 Å². The molecule has 78 valence electrons. The molecule has 0 aromatic carbocycles. The lowest BCUT2D eigenvalue weighted by atomic mass is 9.97. The van der Waals surface area contributed by atoms with Gasteiger partial charge >= 0.3 is 0 Å². The zero-order valence-electron chi connectivity index (χ0n) is 9.31. The van der Waals surface area contributed by atoms with Crippen LogP contribution in [-0.2, 0) is 0 Å². The number of hydrogen-bond acceptors (Lipinski definition) is 1. The van der Waals surface area contributed by atoms with Gasteiger partial charge < -0.3 is 5.32 Å². The van der Waals surface area contributed by atoms with Gasteiger partial charge in [0.15, 0.2) is 0 Å². The van der Waals surface area contributed by atoms with Gasteiger partial charge in [0, 0.05) is 6.04 Å². The lowest BCUT2D eigenvalue weighted by Gasteiger charge is -2.23. The highest BCUT2D eigenvalue weighted by Crippen LogP contribution is 2.15. The first-order valence-corrected chi connectivity index (χ1v) is 6.02. The van der Waals surface area contributed by atoms with Crippen LogP contribution < -0.4 is 5.32 Å². The standard InChI is InChI=1S/C12H25N/c1-11(2)7-3-4-8-12-9-5-6-10-13-12/h11-13H,3-10H2,1-2H3/t12-/m0/s1. The Kier molecular flexibility index (Phi) is 5.45. The van der Waals surface area contributed by atoms with Crippen LogP contribution in [0.2, 0.25) is 0 Å². The third-order valence-electron chi connectivity index (χ3n) is 3.00. The normalized spacial score (nSPS) is 23.8. The molecule has 1 heteroatoms. The first kappa shape index (κ1) is 11.0. The Labute approximate surface area is 83.3 Å². The Balaban J connectivity index is 1.92. The summed E-state index contributed by atoms with van der Waals surface area (Å²) in [6.45, 7) is 5.90. The van der Waals surface area contributed by atoms with E-state index in [1.54, 1.807) is 0 Å². The molecule has 0 radical (unpaired) electrons. The summed E-state index contributed by atoms with van der Waals surface area (Å²) in [5.74, 6) is 0.888. The van der Waals surface area contributed by atoms with Crippen LogP contribution in [0.15, 0.2) is 0 Å². The van der Waals surface area contributed by atoms with Gasteiger partial charge in [0.25, 0.3) is 0 Å². The highest BCUT2D eigenvalue weighted by atomic mass is 14.9. The Morgan fingerprint density at radius 1 is 1.23 bits per heavy atom. The van der Waals surface area contributed by atoms with E-state index in [1.165, 1.54) is 51.5 Å². The van der Waals surface area contributed by atoms with Crippen LogP contribution in [-0.4, -0.2) is 12.6 Å². The Bertz CT molecular complexity index is 114. The smallest absolute Gasteiger partial charge is 0.00670 e. The van der Waals surface area contributed by atoms with Crippen molar-refractivity contribution in [3.05, 3.63) is 0 Å². The highest BCUT2D eigenvalue weighted by Gasteiger charge is 2.11. The molecular weight excluding hydrogens is 158 g/mol. The van der Waals surface area contributed by atoms with E-state index in [2.05, 4.69) is 19.2 Å². The van der Waals surface area contributed by atoms with Crippen molar-refractivity contribution in [3.8, 4) is 0 Å². The molecule has 0 aromatic heterocycles. The highest BCUT2D eigenvalue weighted by molar-refractivity contribution is 4.71. The molecule has 1 rings (SSSR count). The topological polar surface area (TPSA) is 12.0 Å².